The number of aromatic nitrogens is 3. The molecule has 2 amide bonds. The van der Waals surface area contributed by atoms with Crippen LogP contribution in [-0.4, -0.2) is 47.4 Å². The molecule has 9 nitrogen and oxygen atoms in total. The van der Waals surface area contributed by atoms with Gasteiger partial charge in [-0.25, -0.2) is 9.78 Å². The third-order valence-electron chi connectivity index (χ3n) is 4.54. The second-order valence-electron chi connectivity index (χ2n) is 6.43. The van der Waals surface area contributed by atoms with Crippen LogP contribution in [0.2, 0.25) is 0 Å². The first-order valence-electron chi connectivity index (χ1n) is 8.79. The van der Waals surface area contributed by atoms with Gasteiger partial charge >= 0.3 is 6.09 Å². The molecule has 27 heavy (non-hydrogen) atoms. The van der Waals surface area contributed by atoms with Crippen molar-refractivity contribution in [3.05, 3.63) is 35.7 Å². The van der Waals surface area contributed by atoms with Gasteiger partial charge in [0, 0.05) is 37.0 Å². The average Bonchev–Trinajstić information content (AvgIpc) is 3.31. The lowest BCUT2D eigenvalue weighted by molar-refractivity contribution is -0.115. The number of anilines is 1. The van der Waals surface area contributed by atoms with Crippen molar-refractivity contribution in [1.82, 2.24) is 20.5 Å². The summed E-state index contributed by atoms with van der Waals surface area (Å²) < 4.78 is 10.3. The molecule has 1 aliphatic rings. The quantitative estimate of drug-likeness (QED) is 0.713. The highest BCUT2D eigenvalue weighted by Gasteiger charge is 2.29. The number of H-pyrrole nitrogens is 1. The van der Waals surface area contributed by atoms with E-state index in [1.807, 2.05) is 6.07 Å². The molecule has 2 atom stereocenters. The monoisotopic (exact) mass is 373 g/mol. The zero-order valence-corrected chi connectivity index (χ0v) is 15.3. The molecule has 3 N–H and O–H groups in total. The summed E-state index contributed by atoms with van der Waals surface area (Å²) in [6, 6.07) is 5.34. The van der Waals surface area contributed by atoms with Crippen molar-refractivity contribution < 1.29 is 19.1 Å². The third kappa shape index (κ3) is 4.96. The maximum atomic E-state index is 12.2. The van der Waals surface area contributed by atoms with E-state index in [-0.39, 0.29) is 24.3 Å². The van der Waals surface area contributed by atoms with Crippen LogP contribution < -0.4 is 15.4 Å². The van der Waals surface area contributed by atoms with Gasteiger partial charge in [-0.3, -0.25) is 9.89 Å². The lowest BCUT2D eigenvalue weighted by Crippen LogP contribution is -2.24. The van der Waals surface area contributed by atoms with Crippen molar-refractivity contribution in [3.8, 4) is 5.88 Å². The first-order chi connectivity index (χ1) is 13.1. The van der Waals surface area contributed by atoms with Gasteiger partial charge in [0.25, 0.3) is 0 Å². The molecule has 1 fully saturated rings. The Morgan fingerprint density at radius 1 is 1.33 bits per heavy atom. The van der Waals surface area contributed by atoms with E-state index in [1.54, 1.807) is 32.5 Å². The largest absolute Gasteiger partial charge is 0.481 e. The number of alkyl carbamates (subject to hydrolysis) is 1. The summed E-state index contributed by atoms with van der Waals surface area (Å²) in [7, 11) is 3.09. The van der Waals surface area contributed by atoms with Crippen molar-refractivity contribution in [2.45, 2.75) is 37.7 Å². The Labute approximate surface area is 156 Å². The number of pyridine rings is 1. The van der Waals surface area contributed by atoms with E-state index >= 15 is 0 Å². The van der Waals surface area contributed by atoms with Crippen LogP contribution in [0.3, 0.4) is 0 Å². The topological polar surface area (TPSA) is 118 Å². The first kappa shape index (κ1) is 18.7. The molecule has 2 heterocycles. The van der Waals surface area contributed by atoms with Crippen molar-refractivity contribution in [3.63, 3.8) is 0 Å². The minimum atomic E-state index is -0.411. The van der Waals surface area contributed by atoms with Gasteiger partial charge in [0.2, 0.25) is 11.8 Å². The van der Waals surface area contributed by atoms with Crippen molar-refractivity contribution in [2.24, 2.45) is 0 Å². The average molecular weight is 373 g/mol. The Balaban J connectivity index is 1.51. The molecule has 0 aliphatic heterocycles. The fourth-order valence-electron chi connectivity index (χ4n) is 3.16. The number of hydrogen-bond acceptors (Lipinski definition) is 6. The van der Waals surface area contributed by atoms with E-state index in [9.17, 15) is 9.59 Å². The Bertz CT molecular complexity index is 789. The van der Waals surface area contributed by atoms with Gasteiger partial charge in [-0.1, -0.05) is 6.07 Å². The zero-order chi connectivity index (χ0) is 19.2. The second-order valence-corrected chi connectivity index (χ2v) is 6.43. The van der Waals surface area contributed by atoms with Crippen molar-refractivity contribution in [1.29, 1.82) is 0 Å². The van der Waals surface area contributed by atoms with E-state index in [2.05, 4.69) is 25.8 Å². The Kier molecular flexibility index (Phi) is 5.90. The molecule has 2 aromatic heterocycles. The lowest BCUT2D eigenvalue weighted by Gasteiger charge is -2.11. The Morgan fingerprint density at radius 3 is 2.89 bits per heavy atom. The molecule has 1 saturated carbocycles. The molecule has 0 bridgehead atoms. The van der Waals surface area contributed by atoms with Crippen LogP contribution in [0.4, 0.5) is 10.6 Å². The predicted octanol–water partition coefficient (Wildman–Crippen LogP) is 1.99. The first-order valence-corrected chi connectivity index (χ1v) is 8.79. The van der Waals surface area contributed by atoms with Crippen LogP contribution in [0.25, 0.3) is 0 Å². The zero-order valence-electron chi connectivity index (χ0n) is 15.3. The summed E-state index contributed by atoms with van der Waals surface area (Å²) >= 11 is 0. The molecular formula is C18H23N5O4. The number of hydrogen-bond donors (Lipinski definition) is 3. The van der Waals surface area contributed by atoms with E-state index in [4.69, 9.17) is 9.47 Å². The minimum Gasteiger partial charge on any atom is -0.481 e. The van der Waals surface area contributed by atoms with Crippen LogP contribution >= 0.6 is 0 Å². The van der Waals surface area contributed by atoms with Gasteiger partial charge in [0.15, 0.2) is 5.82 Å². The van der Waals surface area contributed by atoms with E-state index in [0.717, 1.165) is 30.5 Å². The van der Waals surface area contributed by atoms with Crippen LogP contribution in [0.15, 0.2) is 24.4 Å². The highest BCUT2D eigenvalue weighted by molar-refractivity contribution is 5.91. The summed E-state index contributed by atoms with van der Waals surface area (Å²) in [6.45, 7) is 0. The number of carbonyl (C=O) groups is 2. The van der Waals surface area contributed by atoms with Crippen molar-refractivity contribution in [2.75, 3.05) is 19.5 Å². The standard InChI is InChI=1S/C18H23N5O4/c1-19-18(25)27-13-5-4-12(8-13)14-9-15(23-22-14)21-16(24)7-11-3-6-17(26-2)20-10-11/h3,6,9-10,12-13H,4-5,7-8H2,1-2H3,(H,19,25)(H2,21,22,23,24)/t12-,13+/m0/s1. The molecule has 144 valence electrons. The van der Waals surface area contributed by atoms with E-state index in [0.29, 0.717) is 11.7 Å². The summed E-state index contributed by atoms with van der Waals surface area (Å²) in [5, 5.41) is 12.4. The fourth-order valence-corrected chi connectivity index (χ4v) is 3.16. The second kappa shape index (κ2) is 8.52. The molecule has 0 radical (unpaired) electrons. The number of nitrogens with one attached hydrogen (secondary N) is 3. The highest BCUT2D eigenvalue weighted by Crippen LogP contribution is 2.35. The van der Waals surface area contributed by atoms with E-state index in [1.165, 1.54) is 0 Å². The van der Waals surface area contributed by atoms with Gasteiger partial charge in [-0.2, -0.15) is 5.10 Å². The Hall–Kier alpha value is -3.10. The lowest BCUT2D eigenvalue weighted by atomic mass is 10.0. The Morgan fingerprint density at radius 2 is 2.19 bits per heavy atom. The van der Waals surface area contributed by atoms with Crippen molar-refractivity contribution >= 4 is 17.8 Å². The molecule has 9 heteroatoms. The fraction of sp³-hybridized carbons (Fsp3) is 0.444. The molecule has 0 saturated heterocycles. The van der Waals surface area contributed by atoms with Crippen LogP contribution in [0, 0.1) is 0 Å². The molecule has 2 aromatic rings. The number of amides is 2. The van der Waals surface area contributed by atoms with Gasteiger partial charge in [0.05, 0.1) is 13.5 Å². The number of nitrogens with zero attached hydrogens (tertiary/aromatic N) is 2. The maximum Gasteiger partial charge on any atom is 0.407 e. The van der Waals surface area contributed by atoms with Gasteiger partial charge in [-0.05, 0) is 24.8 Å². The van der Waals surface area contributed by atoms with Gasteiger partial charge < -0.3 is 20.1 Å². The third-order valence-corrected chi connectivity index (χ3v) is 4.54. The number of ether oxygens (including phenoxy) is 2. The number of rotatable bonds is 6. The predicted molar refractivity (Wildman–Crippen MR) is 97.6 cm³/mol. The van der Waals surface area contributed by atoms with Crippen LogP contribution in [0.1, 0.15) is 36.4 Å². The molecule has 0 unspecified atom stereocenters. The molecule has 0 spiro atoms. The summed E-state index contributed by atoms with van der Waals surface area (Å²) in [5.74, 6) is 1.04. The van der Waals surface area contributed by atoms with Crippen LogP contribution in [-0.2, 0) is 16.0 Å². The smallest absolute Gasteiger partial charge is 0.407 e. The maximum absolute atomic E-state index is 12.2. The number of methoxy groups -OCH3 is 1. The minimum absolute atomic E-state index is 0.0983. The molecule has 3 rings (SSSR count). The summed E-state index contributed by atoms with van der Waals surface area (Å²) in [5.41, 5.74) is 1.72. The SMILES string of the molecule is CNC(=O)O[C@@H]1CC[C@H](c2cc(NC(=O)Cc3ccc(OC)nc3)n[nH]2)C1. The van der Waals surface area contributed by atoms with Gasteiger partial charge in [-0.15, -0.1) is 0 Å². The number of aromatic amines is 1. The normalized spacial score (nSPS) is 18.7. The number of carbonyl (C=O) groups excluding carboxylic acids is 2. The summed E-state index contributed by atoms with van der Waals surface area (Å²) in [6.07, 6.45) is 3.74. The van der Waals surface area contributed by atoms with Crippen LogP contribution in [0.5, 0.6) is 5.88 Å². The van der Waals surface area contributed by atoms with E-state index < -0.39 is 6.09 Å². The summed E-state index contributed by atoms with van der Waals surface area (Å²) in [4.78, 5) is 27.6. The molecule has 1 aliphatic carbocycles. The molecule has 0 aromatic carbocycles. The highest BCUT2D eigenvalue weighted by atomic mass is 16.6. The molecular weight excluding hydrogens is 350 g/mol. The van der Waals surface area contributed by atoms with Gasteiger partial charge in [0.1, 0.15) is 6.10 Å².